The molecule has 3 unspecified atom stereocenters. The van der Waals surface area contributed by atoms with Crippen molar-refractivity contribution in [3.8, 4) is 0 Å². The van der Waals surface area contributed by atoms with Crippen molar-refractivity contribution in [2.75, 3.05) is 7.11 Å². The molecule has 0 heterocycles. The van der Waals surface area contributed by atoms with Crippen molar-refractivity contribution >= 4 is 0 Å². The molecule has 0 radical (unpaired) electrons. The molecule has 1 aliphatic carbocycles. The van der Waals surface area contributed by atoms with E-state index < -0.39 is 0 Å². The molecule has 0 aliphatic heterocycles. The number of rotatable bonds is 4. The fraction of sp³-hybridized carbons (Fsp3) is 1.00. The summed E-state index contributed by atoms with van der Waals surface area (Å²) in [7, 11) is 1.85. The van der Waals surface area contributed by atoms with Gasteiger partial charge in [-0.15, -0.1) is 0 Å². The Morgan fingerprint density at radius 2 is 2.00 bits per heavy atom. The average molecular weight is 199 g/mol. The van der Waals surface area contributed by atoms with E-state index in [1.807, 2.05) is 7.11 Å². The lowest BCUT2D eigenvalue weighted by atomic mass is 10.0. The highest BCUT2D eigenvalue weighted by molar-refractivity contribution is 4.81. The summed E-state index contributed by atoms with van der Waals surface area (Å²) in [4.78, 5) is 0. The Labute approximate surface area is 88.4 Å². The normalized spacial score (nSPS) is 31.1. The van der Waals surface area contributed by atoms with Gasteiger partial charge in [-0.25, -0.2) is 0 Å². The Kier molecular flexibility index (Phi) is 5.49. The van der Waals surface area contributed by atoms with Crippen LogP contribution in [-0.4, -0.2) is 25.3 Å². The standard InChI is InChI=1S/C12H25NO/c1-4-10(2)13-11-8-6-5-7-9-12(11)14-3/h10-13H,4-9H2,1-3H3. The first-order chi connectivity index (χ1) is 6.77. The summed E-state index contributed by atoms with van der Waals surface area (Å²) >= 11 is 0. The monoisotopic (exact) mass is 199 g/mol. The van der Waals surface area contributed by atoms with Gasteiger partial charge in [-0.3, -0.25) is 0 Å². The second-order valence-electron chi connectivity index (χ2n) is 4.49. The van der Waals surface area contributed by atoms with Crippen molar-refractivity contribution in [3.05, 3.63) is 0 Å². The number of hydrogen-bond acceptors (Lipinski definition) is 2. The molecule has 84 valence electrons. The van der Waals surface area contributed by atoms with Crippen molar-refractivity contribution in [2.24, 2.45) is 0 Å². The number of methoxy groups -OCH3 is 1. The van der Waals surface area contributed by atoms with Gasteiger partial charge < -0.3 is 10.1 Å². The van der Waals surface area contributed by atoms with Gasteiger partial charge in [0.05, 0.1) is 6.10 Å². The Hall–Kier alpha value is -0.0800. The van der Waals surface area contributed by atoms with Crippen LogP contribution in [-0.2, 0) is 4.74 Å². The van der Waals surface area contributed by atoms with Gasteiger partial charge in [0.1, 0.15) is 0 Å². The zero-order valence-electron chi connectivity index (χ0n) is 9.88. The van der Waals surface area contributed by atoms with Crippen molar-refractivity contribution in [1.82, 2.24) is 5.32 Å². The van der Waals surface area contributed by atoms with Crippen LogP contribution >= 0.6 is 0 Å². The maximum atomic E-state index is 5.57. The van der Waals surface area contributed by atoms with Gasteiger partial charge in [-0.2, -0.15) is 0 Å². The second kappa shape index (κ2) is 6.41. The number of ether oxygens (including phenoxy) is 1. The van der Waals surface area contributed by atoms with Crippen LogP contribution in [0.2, 0.25) is 0 Å². The maximum Gasteiger partial charge on any atom is 0.0724 e. The molecule has 0 spiro atoms. The van der Waals surface area contributed by atoms with Crippen LogP contribution in [0.5, 0.6) is 0 Å². The van der Waals surface area contributed by atoms with Crippen molar-refractivity contribution in [2.45, 2.75) is 70.6 Å². The lowest BCUT2D eigenvalue weighted by Gasteiger charge is -2.27. The molecular formula is C12H25NO. The summed E-state index contributed by atoms with van der Waals surface area (Å²) in [6.07, 6.45) is 8.20. The highest BCUT2D eigenvalue weighted by Gasteiger charge is 2.23. The third-order valence-corrected chi connectivity index (χ3v) is 3.37. The molecule has 0 amide bonds. The highest BCUT2D eigenvalue weighted by Crippen LogP contribution is 2.20. The van der Waals surface area contributed by atoms with E-state index in [0.29, 0.717) is 18.2 Å². The zero-order chi connectivity index (χ0) is 10.4. The molecule has 0 aromatic carbocycles. The first-order valence-electron chi connectivity index (χ1n) is 6.06. The smallest absolute Gasteiger partial charge is 0.0724 e. The number of nitrogens with one attached hydrogen (secondary N) is 1. The molecule has 1 rings (SSSR count). The van der Waals surface area contributed by atoms with Gasteiger partial charge >= 0.3 is 0 Å². The molecule has 3 atom stereocenters. The van der Waals surface area contributed by atoms with Gasteiger partial charge in [0.2, 0.25) is 0 Å². The SMILES string of the molecule is CCC(C)NC1CCCCCC1OC. The Morgan fingerprint density at radius 1 is 1.29 bits per heavy atom. The molecule has 0 bridgehead atoms. The fourth-order valence-corrected chi connectivity index (χ4v) is 2.23. The van der Waals surface area contributed by atoms with Crippen molar-refractivity contribution in [3.63, 3.8) is 0 Å². The van der Waals surface area contributed by atoms with Crippen molar-refractivity contribution in [1.29, 1.82) is 0 Å². The molecule has 1 fully saturated rings. The van der Waals surface area contributed by atoms with E-state index in [4.69, 9.17) is 4.74 Å². The summed E-state index contributed by atoms with van der Waals surface area (Å²) in [6.45, 7) is 4.49. The minimum Gasteiger partial charge on any atom is -0.380 e. The summed E-state index contributed by atoms with van der Waals surface area (Å²) in [5, 5.41) is 3.68. The highest BCUT2D eigenvalue weighted by atomic mass is 16.5. The molecule has 1 N–H and O–H groups in total. The van der Waals surface area contributed by atoms with Gasteiger partial charge in [0.15, 0.2) is 0 Å². The summed E-state index contributed by atoms with van der Waals surface area (Å²) in [5.74, 6) is 0. The summed E-state index contributed by atoms with van der Waals surface area (Å²) in [5.41, 5.74) is 0. The van der Waals surface area contributed by atoms with Crippen LogP contribution in [0.3, 0.4) is 0 Å². The molecule has 0 aromatic rings. The predicted molar refractivity (Wildman–Crippen MR) is 60.6 cm³/mol. The van der Waals surface area contributed by atoms with Gasteiger partial charge in [-0.1, -0.05) is 26.2 Å². The average Bonchev–Trinajstić information content (AvgIpc) is 2.42. The predicted octanol–water partition coefficient (Wildman–Crippen LogP) is 2.72. The van der Waals surface area contributed by atoms with Gasteiger partial charge in [0, 0.05) is 19.2 Å². The molecule has 0 aromatic heterocycles. The van der Waals surface area contributed by atoms with E-state index in [1.54, 1.807) is 0 Å². The minimum atomic E-state index is 0.437. The van der Waals surface area contributed by atoms with E-state index >= 15 is 0 Å². The fourth-order valence-electron chi connectivity index (χ4n) is 2.23. The minimum absolute atomic E-state index is 0.437. The third kappa shape index (κ3) is 3.58. The molecule has 14 heavy (non-hydrogen) atoms. The lowest BCUT2D eigenvalue weighted by molar-refractivity contribution is 0.0596. The van der Waals surface area contributed by atoms with Crippen molar-refractivity contribution < 1.29 is 4.74 Å². The first kappa shape index (κ1) is 12.0. The van der Waals surface area contributed by atoms with E-state index in [9.17, 15) is 0 Å². The molecule has 2 heteroatoms. The zero-order valence-corrected chi connectivity index (χ0v) is 9.88. The van der Waals surface area contributed by atoms with E-state index in [1.165, 1.54) is 38.5 Å². The quantitative estimate of drug-likeness (QED) is 0.703. The van der Waals surface area contributed by atoms with E-state index in [0.717, 1.165) is 0 Å². The van der Waals surface area contributed by atoms with E-state index in [-0.39, 0.29) is 0 Å². The Bertz CT molecular complexity index is 149. The van der Waals surface area contributed by atoms with Crippen LogP contribution in [0.15, 0.2) is 0 Å². The molecule has 1 saturated carbocycles. The largest absolute Gasteiger partial charge is 0.380 e. The number of hydrogen-bond donors (Lipinski definition) is 1. The van der Waals surface area contributed by atoms with E-state index in [2.05, 4.69) is 19.2 Å². The van der Waals surface area contributed by atoms with Crippen LogP contribution in [0.4, 0.5) is 0 Å². The summed E-state index contributed by atoms with van der Waals surface area (Å²) < 4.78 is 5.57. The second-order valence-corrected chi connectivity index (χ2v) is 4.49. The van der Waals surface area contributed by atoms with Gasteiger partial charge in [0.25, 0.3) is 0 Å². The maximum absolute atomic E-state index is 5.57. The van der Waals surface area contributed by atoms with Crippen LogP contribution < -0.4 is 5.32 Å². The third-order valence-electron chi connectivity index (χ3n) is 3.37. The Balaban J connectivity index is 2.43. The van der Waals surface area contributed by atoms with Crippen LogP contribution in [0, 0.1) is 0 Å². The van der Waals surface area contributed by atoms with Gasteiger partial charge in [-0.05, 0) is 26.2 Å². The first-order valence-corrected chi connectivity index (χ1v) is 6.06. The molecule has 0 saturated heterocycles. The topological polar surface area (TPSA) is 21.3 Å². The lowest BCUT2D eigenvalue weighted by Crippen LogP contribution is -2.44. The molecular weight excluding hydrogens is 174 g/mol. The summed E-state index contributed by atoms with van der Waals surface area (Å²) in [6, 6.07) is 1.20. The molecule has 1 aliphatic rings. The van der Waals surface area contributed by atoms with Crippen LogP contribution in [0.25, 0.3) is 0 Å². The Morgan fingerprint density at radius 3 is 2.64 bits per heavy atom. The van der Waals surface area contributed by atoms with Crippen LogP contribution in [0.1, 0.15) is 52.4 Å². The molecule has 2 nitrogen and oxygen atoms in total.